The number of benzene rings is 3. The van der Waals surface area contributed by atoms with E-state index in [0.29, 0.717) is 23.6 Å². The minimum atomic E-state index is -4.16. The van der Waals surface area contributed by atoms with E-state index in [9.17, 15) is 22.4 Å². The van der Waals surface area contributed by atoms with Gasteiger partial charge in [-0.15, -0.1) is 0 Å². The lowest BCUT2D eigenvalue weighted by molar-refractivity contribution is -0.140. The topological polar surface area (TPSA) is 90.0 Å². The van der Waals surface area contributed by atoms with Crippen molar-refractivity contribution in [3.63, 3.8) is 0 Å². The number of carbonyl (C=O) groups is 2. The summed E-state index contributed by atoms with van der Waals surface area (Å²) in [6, 6.07) is 20.1. The molecule has 1 atom stereocenters. The van der Waals surface area contributed by atoms with Crippen molar-refractivity contribution in [2.75, 3.05) is 31.5 Å². The highest BCUT2D eigenvalue weighted by molar-refractivity contribution is 7.90. The fourth-order valence-electron chi connectivity index (χ4n) is 4.05. The van der Waals surface area contributed by atoms with Crippen molar-refractivity contribution < 1.29 is 22.4 Å². The molecule has 3 aromatic rings. The SMILES string of the molecule is CCCNC(=O)C(Cc1ccccc1)N(Cc1ccccc1Cl)C(=O)CN(c1ccc(F)cc1)S(=O)(=O)N(C)C. The van der Waals surface area contributed by atoms with E-state index in [1.165, 1.54) is 31.1 Å². The Bertz CT molecular complexity index is 1390. The Morgan fingerprint density at radius 3 is 2.17 bits per heavy atom. The minimum absolute atomic E-state index is 0.0329. The molecule has 214 valence electrons. The Morgan fingerprint density at radius 2 is 1.57 bits per heavy atom. The number of rotatable bonds is 13. The first kappa shape index (κ1) is 31.1. The van der Waals surface area contributed by atoms with Gasteiger partial charge in [0.15, 0.2) is 0 Å². The summed E-state index contributed by atoms with van der Waals surface area (Å²) in [5.41, 5.74) is 1.53. The average Bonchev–Trinajstić information content (AvgIpc) is 2.94. The maximum absolute atomic E-state index is 14.1. The van der Waals surface area contributed by atoms with Crippen LogP contribution < -0.4 is 9.62 Å². The van der Waals surface area contributed by atoms with Gasteiger partial charge in [-0.2, -0.15) is 12.7 Å². The molecule has 8 nitrogen and oxygen atoms in total. The van der Waals surface area contributed by atoms with Gasteiger partial charge in [0.1, 0.15) is 18.4 Å². The maximum atomic E-state index is 14.1. The smallest absolute Gasteiger partial charge is 0.304 e. The van der Waals surface area contributed by atoms with Crippen molar-refractivity contribution in [2.24, 2.45) is 0 Å². The van der Waals surface area contributed by atoms with Crippen LogP contribution in [0.1, 0.15) is 24.5 Å². The number of hydrogen-bond donors (Lipinski definition) is 1. The highest BCUT2D eigenvalue weighted by atomic mass is 35.5. The van der Waals surface area contributed by atoms with E-state index >= 15 is 0 Å². The highest BCUT2D eigenvalue weighted by Crippen LogP contribution is 2.24. The first-order chi connectivity index (χ1) is 19.0. The molecule has 0 spiro atoms. The van der Waals surface area contributed by atoms with E-state index in [-0.39, 0.29) is 24.6 Å². The van der Waals surface area contributed by atoms with Crippen molar-refractivity contribution >= 4 is 39.3 Å². The molecule has 0 aliphatic heterocycles. The lowest BCUT2D eigenvalue weighted by Gasteiger charge is -2.34. The van der Waals surface area contributed by atoms with Crippen molar-refractivity contribution in [1.82, 2.24) is 14.5 Å². The van der Waals surface area contributed by atoms with Gasteiger partial charge >= 0.3 is 10.2 Å². The Hall–Kier alpha value is -3.47. The molecular formula is C29H34ClFN4O4S. The highest BCUT2D eigenvalue weighted by Gasteiger charge is 2.34. The fourth-order valence-corrected chi connectivity index (χ4v) is 5.31. The Balaban J connectivity index is 2.08. The third-order valence-electron chi connectivity index (χ3n) is 6.25. The van der Waals surface area contributed by atoms with Crippen molar-refractivity contribution in [3.05, 3.63) is 101 Å². The van der Waals surface area contributed by atoms with E-state index < -0.39 is 34.5 Å². The number of carbonyl (C=O) groups excluding carboxylic acids is 2. The van der Waals surface area contributed by atoms with Crippen molar-refractivity contribution in [3.8, 4) is 0 Å². The Morgan fingerprint density at radius 1 is 0.950 bits per heavy atom. The molecule has 40 heavy (non-hydrogen) atoms. The zero-order valence-corrected chi connectivity index (χ0v) is 24.3. The van der Waals surface area contributed by atoms with E-state index in [1.807, 2.05) is 37.3 Å². The van der Waals surface area contributed by atoms with Crippen LogP contribution in [0.5, 0.6) is 0 Å². The zero-order valence-electron chi connectivity index (χ0n) is 22.8. The molecule has 3 aromatic carbocycles. The van der Waals surface area contributed by atoms with Crippen molar-refractivity contribution in [2.45, 2.75) is 32.4 Å². The molecule has 1 N–H and O–H groups in total. The molecule has 0 saturated heterocycles. The van der Waals surface area contributed by atoms with Crippen LogP contribution in [0.4, 0.5) is 10.1 Å². The van der Waals surface area contributed by atoms with Gasteiger partial charge in [0.05, 0.1) is 5.69 Å². The van der Waals surface area contributed by atoms with Gasteiger partial charge < -0.3 is 10.2 Å². The second-order valence-corrected chi connectivity index (χ2v) is 11.9. The van der Waals surface area contributed by atoms with Gasteiger partial charge in [0.2, 0.25) is 11.8 Å². The molecule has 0 aliphatic carbocycles. The van der Waals surface area contributed by atoms with Crippen LogP contribution in [0.2, 0.25) is 5.02 Å². The van der Waals surface area contributed by atoms with E-state index in [1.54, 1.807) is 24.3 Å². The quantitative estimate of drug-likeness (QED) is 0.323. The zero-order chi connectivity index (χ0) is 29.3. The summed E-state index contributed by atoms with van der Waals surface area (Å²) in [5, 5.41) is 3.29. The predicted octanol–water partition coefficient (Wildman–Crippen LogP) is 4.26. The molecule has 0 aliphatic rings. The van der Waals surface area contributed by atoms with Crippen LogP contribution in [-0.4, -0.2) is 62.7 Å². The minimum Gasteiger partial charge on any atom is -0.354 e. The number of nitrogens with zero attached hydrogens (tertiary/aromatic N) is 3. The number of halogens is 2. The molecule has 0 heterocycles. The van der Waals surface area contributed by atoms with Gasteiger partial charge in [-0.3, -0.25) is 9.59 Å². The summed E-state index contributed by atoms with van der Waals surface area (Å²) >= 11 is 6.44. The summed E-state index contributed by atoms with van der Waals surface area (Å²) in [6.45, 7) is 1.68. The van der Waals surface area contributed by atoms with Gasteiger partial charge in [0.25, 0.3) is 0 Å². The average molecular weight is 589 g/mol. The molecular weight excluding hydrogens is 555 g/mol. The number of amides is 2. The first-order valence-corrected chi connectivity index (χ1v) is 14.6. The molecule has 0 saturated carbocycles. The van der Waals surface area contributed by atoms with Gasteiger partial charge in [-0.1, -0.05) is 67.1 Å². The van der Waals surface area contributed by atoms with E-state index in [2.05, 4.69) is 5.32 Å². The lowest BCUT2D eigenvalue weighted by Crippen LogP contribution is -2.54. The molecule has 0 fully saturated rings. The molecule has 1 unspecified atom stereocenters. The summed E-state index contributed by atoms with van der Waals surface area (Å²) in [4.78, 5) is 29.0. The third kappa shape index (κ3) is 8.03. The molecule has 0 bridgehead atoms. The third-order valence-corrected chi connectivity index (χ3v) is 8.44. The maximum Gasteiger partial charge on any atom is 0.304 e. The van der Waals surface area contributed by atoms with Crippen LogP contribution >= 0.6 is 11.6 Å². The van der Waals surface area contributed by atoms with E-state index in [4.69, 9.17) is 11.6 Å². The summed E-state index contributed by atoms with van der Waals surface area (Å²) in [5.74, 6) is -1.54. The van der Waals surface area contributed by atoms with Crippen LogP contribution in [0.25, 0.3) is 0 Å². The van der Waals surface area contributed by atoms with Crippen LogP contribution in [0, 0.1) is 5.82 Å². The van der Waals surface area contributed by atoms with E-state index in [0.717, 1.165) is 26.3 Å². The molecule has 2 amide bonds. The fraction of sp³-hybridized carbons (Fsp3) is 0.310. The monoisotopic (exact) mass is 588 g/mol. The molecule has 0 radical (unpaired) electrons. The predicted molar refractivity (Wildman–Crippen MR) is 156 cm³/mol. The Kier molecular flexibility index (Phi) is 11.1. The lowest BCUT2D eigenvalue weighted by atomic mass is 10.0. The Labute approximate surface area is 240 Å². The van der Waals surface area contributed by atoms with Gasteiger partial charge in [-0.25, -0.2) is 8.70 Å². The normalized spacial score (nSPS) is 12.2. The van der Waals surface area contributed by atoms with Gasteiger partial charge in [0, 0.05) is 38.6 Å². The summed E-state index contributed by atoms with van der Waals surface area (Å²) < 4.78 is 42.2. The largest absolute Gasteiger partial charge is 0.354 e. The van der Waals surface area contributed by atoms with Crippen LogP contribution in [0.3, 0.4) is 0 Å². The summed E-state index contributed by atoms with van der Waals surface area (Å²) in [6.07, 6.45) is 0.894. The molecule has 3 rings (SSSR count). The van der Waals surface area contributed by atoms with Crippen LogP contribution in [0.15, 0.2) is 78.9 Å². The second-order valence-electron chi connectivity index (χ2n) is 9.38. The number of anilines is 1. The number of nitrogens with one attached hydrogen (secondary N) is 1. The standard InChI is InChI=1S/C29H34ClFN4O4S/c1-4-18-32-29(37)27(19-22-10-6-5-7-11-22)34(20-23-12-8-9-13-26(23)30)28(36)21-35(40(38,39)33(2)3)25-16-14-24(31)15-17-25/h5-17,27H,4,18-21H2,1-3H3,(H,32,37). The van der Waals surface area contributed by atoms with Crippen LogP contribution in [-0.2, 0) is 32.8 Å². The first-order valence-electron chi connectivity index (χ1n) is 12.8. The second kappa shape index (κ2) is 14.2. The molecule has 0 aromatic heterocycles. The molecule has 11 heteroatoms. The van der Waals surface area contributed by atoms with Gasteiger partial charge in [-0.05, 0) is 47.9 Å². The van der Waals surface area contributed by atoms with Crippen molar-refractivity contribution in [1.29, 1.82) is 0 Å². The number of hydrogen-bond acceptors (Lipinski definition) is 4. The summed E-state index contributed by atoms with van der Waals surface area (Å²) in [7, 11) is -1.48.